The predicted octanol–water partition coefficient (Wildman–Crippen LogP) is 2.85. The van der Waals surface area contributed by atoms with E-state index >= 15 is 0 Å². The molecule has 18 heavy (non-hydrogen) atoms. The summed E-state index contributed by atoms with van der Waals surface area (Å²) in [4.78, 5) is 2.56. The Morgan fingerprint density at radius 2 is 1.83 bits per heavy atom. The maximum atomic E-state index is 6.33. The molecule has 1 heterocycles. The first kappa shape index (κ1) is 13.6. The number of hydrogen-bond acceptors (Lipinski definition) is 2. The van der Waals surface area contributed by atoms with Crippen molar-refractivity contribution in [2.24, 2.45) is 11.7 Å². The Kier molecular flexibility index (Phi) is 4.41. The first-order chi connectivity index (χ1) is 8.58. The van der Waals surface area contributed by atoms with Gasteiger partial charge in [0.15, 0.2) is 0 Å². The smallest absolute Gasteiger partial charge is 0.0250 e. The van der Waals surface area contributed by atoms with Crippen molar-refractivity contribution in [2.75, 3.05) is 13.1 Å². The standard InChI is InChI=1S/C16H26N2/c1-12(2)9-13(3)18-10-15(16(17)11-18)14-7-5-4-6-8-14/h4-8,12-13,15-16H,9-11,17H2,1-3H3/t13?,15-,16+/m0/s1. The van der Waals surface area contributed by atoms with E-state index in [-0.39, 0.29) is 6.04 Å². The molecule has 0 bridgehead atoms. The van der Waals surface area contributed by atoms with E-state index in [0.29, 0.717) is 12.0 Å². The lowest BCUT2D eigenvalue weighted by atomic mass is 9.95. The minimum atomic E-state index is 0.280. The molecule has 1 aromatic rings. The lowest BCUT2D eigenvalue weighted by molar-refractivity contribution is 0.224. The molecule has 1 unspecified atom stereocenters. The molecule has 2 heteroatoms. The van der Waals surface area contributed by atoms with Crippen LogP contribution in [0.15, 0.2) is 30.3 Å². The molecule has 1 aromatic carbocycles. The topological polar surface area (TPSA) is 29.3 Å². The maximum Gasteiger partial charge on any atom is 0.0250 e. The van der Waals surface area contributed by atoms with E-state index < -0.39 is 0 Å². The van der Waals surface area contributed by atoms with Gasteiger partial charge in [-0.2, -0.15) is 0 Å². The Morgan fingerprint density at radius 3 is 2.44 bits per heavy atom. The monoisotopic (exact) mass is 246 g/mol. The van der Waals surface area contributed by atoms with Gasteiger partial charge in [-0.1, -0.05) is 44.2 Å². The van der Waals surface area contributed by atoms with E-state index in [1.807, 2.05) is 0 Å². The van der Waals surface area contributed by atoms with Crippen LogP contribution >= 0.6 is 0 Å². The third kappa shape index (κ3) is 3.12. The number of nitrogens with two attached hydrogens (primary N) is 1. The summed E-state index contributed by atoms with van der Waals surface area (Å²) in [6, 6.07) is 11.6. The van der Waals surface area contributed by atoms with E-state index in [2.05, 4.69) is 56.0 Å². The van der Waals surface area contributed by atoms with Gasteiger partial charge in [0.2, 0.25) is 0 Å². The Labute approximate surface area is 111 Å². The third-order valence-electron chi connectivity index (χ3n) is 4.06. The fraction of sp³-hybridized carbons (Fsp3) is 0.625. The molecule has 0 aliphatic carbocycles. The number of benzene rings is 1. The first-order valence-corrected chi connectivity index (χ1v) is 7.12. The highest BCUT2D eigenvalue weighted by Gasteiger charge is 2.33. The second-order valence-electron chi connectivity index (χ2n) is 6.11. The van der Waals surface area contributed by atoms with Crippen molar-refractivity contribution in [3.05, 3.63) is 35.9 Å². The SMILES string of the molecule is CC(C)CC(C)N1C[C@@H](N)[C@H](c2ccccc2)C1. The van der Waals surface area contributed by atoms with Gasteiger partial charge >= 0.3 is 0 Å². The fourth-order valence-corrected chi connectivity index (χ4v) is 3.10. The molecule has 2 nitrogen and oxygen atoms in total. The zero-order valence-electron chi connectivity index (χ0n) is 11.8. The van der Waals surface area contributed by atoms with E-state index in [0.717, 1.165) is 19.0 Å². The van der Waals surface area contributed by atoms with Gasteiger partial charge in [-0.3, -0.25) is 4.90 Å². The Bertz CT molecular complexity index is 361. The molecule has 1 aliphatic rings. The van der Waals surface area contributed by atoms with E-state index in [1.165, 1.54) is 12.0 Å². The predicted molar refractivity (Wildman–Crippen MR) is 77.6 cm³/mol. The number of rotatable bonds is 4. The van der Waals surface area contributed by atoms with Gasteiger partial charge in [-0.05, 0) is 24.8 Å². The number of hydrogen-bond donors (Lipinski definition) is 1. The van der Waals surface area contributed by atoms with E-state index in [4.69, 9.17) is 5.73 Å². The van der Waals surface area contributed by atoms with Gasteiger partial charge in [0.05, 0.1) is 0 Å². The van der Waals surface area contributed by atoms with Crippen LogP contribution in [0.5, 0.6) is 0 Å². The largest absolute Gasteiger partial charge is 0.326 e. The van der Waals surface area contributed by atoms with Crippen molar-refractivity contribution < 1.29 is 0 Å². The maximum absolute atomic E-state index is 6.33. The molecule has 0 radical (unpaired) electrons. The summed E-state index contributed by atoms with van der Waals surface area (Å²) >= 11 is 0. The lowest BCUT2D eigenvalue weighted by Crippen LogP contribution is -2.34. The molecule has 1 fully saturated rings. The molecular weight excluding hydrogens is 220 g/mol. The molecular formula is C16H26N2. The minimum Gasteiger partial charge on any atom is -0.326 e. The van der Waals surface area contributed by atoms with E-state index in [1.54, 1.807) is 0 Å². The third-order valence-corrected chi connectivity index (χ3v) is 4.06. The second kappa shape index (κ2) is 5.85. The highest BCUT2D eigenvalue weighted by molar-refractivity contribution is 5.23. The van der Waals surface area contributed by atoms with Crippen molar-refractivity contribution in [3.63, 3.8) is 0 Å². The summed E-state index contributed by atoms with van der Waals surface area (Å²) in [6.07, 6.45) is 1.26. The molecule has 1 saturated heterocycles. The summed E-state index contributed by atoms with van der Waals surface area (Å²) in [5.41, 5.74) is 7.72. The molecule has 2 N–H and O–H groups in total. The van der Waals surface area contributed by atoms with E-state index in [9.17, 15) is 0 Å². The second-order valence-corrected chi connectivity index (χ2v) is 6.11. The quantitative estimate of drug-likeness (QED) is 0.885. The average Bonchev–Trinajstić information content (AvgIpc) is 2.72. The number of nitrogens with zero attached hydrogens (tertiary/aromatic N) is 1. The summed E-state index contributed by atoms with van der Waals surface area (Å²) in [5.74, 6) is 1.26. The molecule has 0 aromatic heterocycles. The molecule has 100 valence electrons. The molecule has 0 saturated carbocycles. The van der Waals surface area contributed by atoms with Gasteiger partial charge < -0.3 is 5.73 Å². The highest BCUT2D eigenvalue weighted by atomic mass is 15.2. The summed E-state index contributed by atoms with van der Waals surface area (Å²) in [6.45, 7) is 9.06. The van der Waals surface area contributed by atoms with Crippen molar-refractivity contribution in [3.8, 4) is 0 Å². The number of likely N-dealkylation sites (tertiary alicyclic amines) is 1. The van der Waals surface area contributed by atoms with Crippen LogP contribution in [0.2, 0.25) is 0 Å². The minimum absolute atomic E-state index is 0.280. The van der Waals surface area contributed by atoms with Gasteiger partial charge in [-0.15, -0.1) is 0 Å². The average molecular weight is 246 g/mol. The van der Waals surface area contributed by atoms with Crippen LogP contribution in [0, 0.1) is 5.92 Å². The first-order valence-electron chi connectivity index (χ1n) is 7.12. The van der Waals surface area contributed by atoms with Gasteiger partial charge in [0.1, 0.15) is 0 Å². The normalized spacial score (nSPS) is 26.7. The molecule has 2 rings (SSSR count). The Balaban J connectivity index is 2.01. The Hall–Kier alpha value is -0.860. The summed E-state index contributed by atoms with van der Waals surface area (Å²) < 4.78 is 0. The van der Waals surface area contributed by atoms with Crippen LogP contribution in [-0.4, -0.2) is 30.1 Å². The van der Waals surface area contributed by atoms with Crippen LogP contribution in [0.25, 0.3) is 0 Å². The summed E-state index contributed by atoms with van der Waals surface area (Å²) in [5, 5.41) is 0. The lowest BCUT2D eigenvalue weighted by Gasteiger charge is -2.25. The zero-order valence-corrected chi connectivity index (χ0v) is 11.8. The van der Waals surface area contributed by atoms with Gasteiger partial charge in [0, 0.05) is 31.1 Å². The molecule has 1 aliphatic heterocycles. The zero-order chi connectivity index (χ0) is 13.1. The molecule has 0 spiro atoms. The van der Waals surface area contributed by atoms with Crippen LogP contribution in [0.4, 0.5) is 0 Å². The summed E-state index contributed by atoms with van der Waals surface area (Å²) in [7, 11) is 0. The Morgan fingerprint density at radius 1 is 1.17 bits per heavy atom. The van der Waals surface area contributed by atoms with Crippen LogP contribution < -0.4 is 5.73 Å². The van der Waals surface area contributed by atoms with Crippen molar-refractivity contribution in [1.29, 1.82) is 0 Å². The highest BCUT2D eigenvalue weighted by Crippen LogP contribution is 2.28. The van der Waals surface area contributed by atoms with Crippen molar-refractivity contribution in [1.82, 2.24) is 4.90 Å². The van der Waals surface area contributed by atoms with Crippen molar-refractivity contribution in [2.45, 2.75) is 45.2 Å². The van der Waals surface area contributed by atoms with Crippen LogP contribution in [0.1, 0.15) is 38.7 Å². The van der Waals surface area contributed by atoms with Gasteiger partial charge in [-0.25, -0.2) is 0 Å². The fourth-order valence-electron chi connectivity index (χ4n) is 3.10. The molecule has 3 atom stereocenters. The molecule has 0 amide bonds. The van der Waals surface area contributed by atoms with Crippen LogP contribution in [-0.2, 0) is 0 Å². The van der Waals surface area contributed by atoms with Crippen LogP contribution in [0.3, 0.4) is 0 Å². The van der Waals surface area contributed by atoms with Crippen molar-refractivity contribution >= 4 is 0 Å². The van der Waals surface area contributed by atoms with Gasteiger partial charge in [0.25, 0.3) is 0 Å².